The first-order valence-electron chi connectivity index (χ1n) is 7.68. The molecule has 5 nitrogen and oxygen atoms in total. The van der Waals surface area contributed by atoms with Crippen LogP contribution >= 0.6 is 11.8 Å². The van der Waals surface area contributed by atoms with Gasteiger partial charge in [-0.25, -0.2) is 4.98 Å². The zero-order valence-corrected chi connectivity index (χ0v) is 14.0. The molecule has 2 heterocycles. The Bertz CT molecular complexity index is 954. The minimum absolute atomic E-state index is 0.0487. The van der Waals surface area contributed by atoms with E-state index in [2.05, 4.69) is 4.98 Å². The molecule has 24 heavy (non-hydrogen) atoms. The fourth-order valence-electron chi connectivity index (χ4n) is 2.82. The van der Waals surface area contributed by atoms with Gasteiger partial charge in [-0.3, -0.25) is 9.36 Å². The van der Waals surface area contributed by atoms with Crippen LogP contribution in [0.15, 0.2) is 58.5 Å². The quantitative estimate of drug-likeness (QED) is 0.542. The summed E-state index contributed by atoms with van der Waals surface area (Å²) in [4.78, 5) is 17.4. The van der Waals surface area contributed by atoms with Crippen molar-refractivity contribution >= 4 is 22.7 Å². The minimum Gasteiger partial charge on any atom is -0.486 e. The van der Waals surface area contributed by atoms with E-state index in [-0.39, 0.29) is 11.7 Å². The summed E-state index contributed by atoms with van der Waals surface area (Å²) in [6.45, 7) is 0.811. The van der Waals surface area contributed by atoms with Crippen molar-refractivity contribution in [1.29, 1.82) is 0 Å². The number of ether oxygens (including phenoxy) is 2. The van der Waals surface area contributed by atoms with Crippen LogP contribution in [0, 0.1) is 0 Å². The molecule has 1 aliphatic rings. The van der Waals surface area contributed by atoms with Gasteiger partial charge in [0.2, 0.25) is 0 Å². The number of hydrogen-bond donors (Lipinski definition) is 0. The van der Waals surface area contributed by atoms with Crippen molar-refractivity contribution in [2.45, 2.75) is 17.8 Å². The predicted molar refractivity (Wildman–Crippen MR) is 94.1 cm³/mol. The van der Waals surface area contributed by atoms with Crippen molar-refractivity contribution in [2.75, 3.05) is 12.9 Å². The van der Waals surface area contributed by atoms with Gasteiger partial charge in [0.1, 0.15) is 6.61 Å². The summed E-state index contributed by atoms with van der Waals surface area (Å²) in [6.07, 6.45) is 1.69. The Balaban J connectivity index is 1.70. The lowest BCUT2D eigenvalue weighted by atomic mass is 10.2. The van der Waals surface area contributed by atoms with Gasteiger partial charge in [-0.2, -0.15) is 0 Å². The molecule has 2 aromatic carbocycles. The van der Waals surface area contributed by atoms with Crippen molar-refractivity contribution in [3.05, 3.63) is 58.9 Å². The van der Waals surface area contributed by atoms with Crippen LogP contribution in [0.2, 0.25) is 0 Å². The van der Waals surface area contributed by atoms with Gasteiger partial charge in [-0.05, 0) is 30.5 Å². The third-order valence-corrected chi connectivity index (χ3v) is 4.64. The molecule has 0 saturated heterocycles. The van der Waals surface area contributed by atoms with Gasteiger partial charge in [-0.15, -0.1) is 0 Å². The fraction of sp³-hybridized carbons (Fsp3) is 0.222. The molecule has 0 spiro atoms. The Hall–Kier alpha value is -2.47. The predicted octanol–water partition coefficient (Wildman–Crippen LogP) is 2.96. The average Bonchev–Trinajstić information content (AvgIpc) is 2.64. The largest absolute Gasteiger partial charge is 0.486 e. The first-order chi connectivity index (χ1) is 11.8. The lowest BCUT2D eigenvalue weighted by Crippen LogP contribution is -2.37. The Labute approximate surface area is 143 Å². The number of fused-ring (bicyclic) bond motifs is 2. The van der Waals surface area contributed by atoms with Gasteiger partial charge in [0, 0.05) is 0 Å². The molecular weight excluding hydrogens is 324 g/mol. The zero-order valence-electron chi connectivity index (χ0n) is 13.1. The van der Waals surface area contributed by atoms with Gasteiger partial charge < -0.3 is 9.47 Å². The number of nitrogens with zero attached hydrogens (tertiary/aromatic N) is 2. The number of benzene rings is 2. The first kappa shape index (κ1) is 15.1. The molecule has 3 aromatic rings. The van der Waals surface area contributed by atoms with E-state index in [1.807, 2.05) is 48.7 Å². The maximum Gasteiger partial charge on any atom is 0.262 e. The summed E-state index contributed by atoms with van der Waals surface area (Å²) >= 11 is 1.45. The van der Waals surface area contributed by atoms with Gasteiger partial charge >= 0.3 is 0 Å². The van der Waals surface area contributed by atoms with Crippen molar-refractivity contribution in [3.8, 4) is 11.5 Å². The maximum absolute atomic E-state index is 12.8. The molecule has 4 rings (SSSR count). The number of rotatable bonds is 3. The van der Waals surface area contributed by atoms with Crippen LogP contribution in [0.25, 0.3) is 10.9 Å². The summed E-state index contributed by atoms with van der Waals surface area (Å²) < 4.78 is 13.4. The van der Waals surface area contributed by atoms with Crippen molar-refractivity contribution in [1.82, 2.24) is 9.55 Å². The van der Waals surface area contributed by atoms with Crippen molar-refractivity contribution in [3.63, 3.8) is 0 Å². The van der Waals surface area contributed by atoms with Crippen LogP contribution < -0.4 is 15.0 Å². The van der Waals surface area contributed by atoms with Crippen LogP contribution in [0.4, 0.5) is 0 Å². The van der Waals surface area contributed by atoms with Crippen LogP contribution in [0.1, 0.15) is 0 Å². The molecule has 0 N–H and O–H groups in total. The monoisotopic (exact) mass is 340 g/mol. The molecule has 1 aromatic heterocycles. The van der Waals surface area contributed by atoms with Crippen LogP contribution in [0.3, 0.4) is 0 Å². The lowest BCUT2D eigenvalue weighted by molar-refractivity contribution is 0.0757. The van der Waals surface area contributed by atoms with E-state index < -0.39 is 0 Å². The maximum atomic E-state index is 12.8. The zero-order chi connectivity index (χ0) is 16.5. The minimum atomic E-state index is -0.230. The number of thioether (sulfide) groups is 1. The number of hydrogen-bond acceptors (Lipinski definition) is 5. The van der Waals surface area contributed by atoms with Gasteiger partial charge in [0.15, 0.2) is 22.8 Å². The van der Waals surface area contributed by atoms with Gasteiger partial charge in [0.05, 0.1) is 17.4 Å². The highest BCUT2D eigenvalue weighted by Gasteiger charge is 2.23. The fourth-order valence-corrected chi connectivity index (χ4v) is 3.39. The molecule has 1 unspecified atom stereocenters. The summed E-state index contributed by atoms with van der Waals surface area (Å²) in [6, 6.07) is 15.0. The SMILES string of the molecule is CSc1nc2ccccc2c(=O)n1CC1COc2ccccc2O1. The summed E-state index contributed by atoms with van der Waals surface area (Å²) in [7, 11) is 0. The van der Waals surface area contributed by atoms with Crippen molar-refractivity contribution in [2.24, 2.45) is 0 Å². The Morgan fingerprint density at radius 3 is 2.75 bits per heavy atom. The van der Waals surface area contributed by atoms with E-state index in [1.54, 1.807) is 10.6 Å². The van der Waals surface area contributed by atoms with E-state index in [4.69, 9.17) is 9.47 Å². The smallest absolute Gasteiger partial charge is 0.262 e. The van der Waals surface area contributed by atoms with E-state index in [1.165, 1.54) is 11.8 Å². The second-order valence-corrected chi connectivity index (χ2v) is 6.30. The number of para-hydroxylation sites is 3. The molecule has 0 amide bonds. The molecule has 0 radical (unpaired) electrons. The highest BCUT2D eigenvalue weighted by Crippen LogP contribution is 2.31. The summed E-state index contributed by atoms with van der Waals surface area (Å²) in [5.41, 5.74) is 0.668. The lowest BCUT2D eigenvalue weighted by Gasteiger charge is -2.27. The molecule has 6 heteroatoms. The highest BCUT2D eigenvalue weighted by molar-refractivity contribution is 7.98. The van der Waals surface area contributed by atoms with Crippen LogP contribution in [-0.2, 0) is 6.54 Å². The first-order valence-corrected chi connectivity index (χ1v) is 8.91. The molecule has 0 fully saturated rings. The second kappa shape index (κ2) is 6.20. The Morgan fingerprint density at radius 1 is 1.17 bits per heavy atom. The number of aromatic nitrogens is 2. The molecule has 122 valence electrons. The van der Waals surface area contributed by atoms with Crippen LogP contribution in [0.5, 0.6) is 11.5 Å². The van der Waals surface area contributed by atoms with E-state index in [0.29, 0.717) is 35.0 Å². The molecule has 0 bridgehead atoms. The molecule has 1 atom stereocenters. The van der Waals surface area contributed by atoms with Crippen LogP contribution in [-0.4, -0.2) is 28.5 Å². The van der Waals surface area contributed by atoms with E-state index >= 15 is 0 Å². The highest BCUT2D eigenvalue weighted by atomic mass is 32.2. The van der Waals surface area contributed by atoms with E-state index in [0.717, 1.165) is 5.75 Å². The Morgan fingerprint density at radius 2 is 1.92 bits per heavy atom. The standard InChI is InChI=1S/C18H16N2O3S/c1-24-18-19-14-7-3-2-6-13(14)17(21)20(18)10-12-11-22-15-8-4-5-9-16(15)23-12/h2-9,12H,10-11H2,1H3. The van der Waals surface area contributed by atoms with Gasteiger partial charge in [0.25, 0.3) is 5.56 Å². The van der Waals surface area contributed by atoms with Gasteiger partial charge in [-0.1, -0.05) is 36.0 Å². The van der Waals surface area contributed by atoms with E-state index in [9.17, 15) is 4.79 Å². The second-order valence-electron chi connectivity index (χ2n) is 5.53. The molecular formula is C18H16N2O3S. The molecule has 0 saturated carbocycles. The molecule has 1 aliphatic heterocycles. The normalized spacial score (nSPS) is 16.3. The molecule has 0 aliphatic carbocycles. The third kappa shape index (κ3) is 2.63. The summed E-state index contributed by atoms with van der Waals surface area (Å²) in [5.74, 6) is 1.45. The average molecular weight is 340 g/mol. The third-order valence-electron chi connectivity index (χ3n) is 3.96. The summed E-state index contributed by atoms with van der Waals surface area (Å²) in [5, 5.41) is 1.30. The topological polar surface area (TPSA) is 53.4 Å². The van der Waals surface area contributed by atoms with Crippen molar-refractivity contribution < 1.29 is 9.47 Å². The Kier molecular flexibility index (Phi) is 3.90.